The molecule has 6 heteroatoms. The molecule has 1 aromatic carbocycles. The Morgan fingerprint density at radius 3 is 2.63 bits per heavy atom. The number of aryl methyl sites for hydroxylation is 1. The van der Waals surface area contributed by atoms with Gasteiger partial charge in [0, 0.05) is 39.0 Å². The molecule has 2 heterocycles. The molecule has 2 amide bonds. The van der Waals surface area contributed by atoms with E-state index in [0.717, 1.165) is 19.3 Å². The first kappa shape index (κ1) is 19.8. The molecule has 0 bridgehead atoms. The van der Waals surface area contributed by atoms with Crippen LogP contribution in [0.4, 0.5) is 4.39 Å². The largest absolute Gasteiger partial charge is 0.392 e. The normalized spacial score (nSPS) is 20.8. The lowest BCUT2D eigenvalue weighted by Crippen LogP contribution is -2.53. The Bertz CT molecular complexity index is 684. The average Bonchev–Trinajstić information content (AvgIpc) is 2.64. The molecule has 1 unspecified atom stereocenters. The Morgan fingerprint density at radius 1 is 1.26 bits per heavy atom. The predicted octanol–water partition coefficient (Wildman–Crippen LogP) is 2.37. The zero-order valence-electron chi connectivity index (χ0n) is 16.0. The molecule has 27 heavy (non-hydrogen) atoms. The molecule has 1 atom stereocenters. The molecule has 3 rings (SSSR count). The van der Waals surface area contributed by atoms with E-state index in [1.807, 2.05) is 4.90 Å². The number of piperidine rings is 2. The summed E-state index contributed by atoms with van der Waals surface area (Å²) >= 11 is 0. The quantitative estimate of drug-likeness (QED) is 0.858. The average molecular weight is 376 g/mol. The highest BCUT2D eigenvalue weighted by Gasteiger charge is 2.41. The number of amides is 2. The van der Waals surface area contributed by atoms with E-state index in [2.05, 4.69) is 0 Å². The van der Waals surface area contributed by atoms with Gasteiger partial charge in [-0.1, -0.05) is 18.2 Å². The summed E-state index contributed by atoms with van der Waals surface area (Å²) in [6.07, 6.45) is 3.35. The molecule has 0 aromatic heterocycles. The maximum atomic E-state index is 13.7. The van der Waals surface area contributed by atoms with Crippen LogP contribution in [-0.2, 0) is 16.0 Å². The molecule has 1 N–H and O–H groups in total. The Kier molecular flexibility index (Phi) is 6.15. The van der Waals surface area contributed by atoms with Gasteiger partial charge < -0.3 is 14.9 Å². The van der Waals surface area contributed by atoms with Gasteiger partial charge in [-0.2, -0.15) is 0 Å². The third kappa shape index (κ3) is 4.86. The molecule has 1 spiro atoms. The third-order valence-corrected chi connectivity index (χ3v) is 5.98. The zero-order valence-corrected chi connectivity index (χ0v) is 16.0. The molecule has 1 aromatic rings. The second-order valence-corrected chi connectivity index (χ2v) is 8.10. The summed E-state index contributed by atoms with van der Waals surface area (Å²) in [4.78, 5) is 28.3. The van der Waals surface area contributed by atoms with Crippen LogP contribution >= 0.6 is 0 Å². The summed E-state index contributed by atoms with van der Waals surface area (Å²) in [5.41, 5.74) is 0.643. The van der Waals surface area contributed by atoms with Crippen molar-refractivity contribution in [3.63, 3.8) is 0 Å². The van der Waals surface area contributed by atoms with Crippen LogP contribution in [0.1, 0.15) is 44.6 Å². The molecular formula is C21H29FN2O3. The van der Waals surface area contributed by atoms with Gasteiger partial charge in [-0.25, -0.2) is 4.39 Å². The molecule has 2 aliphatic rings. The SMILES string of the molecule is CC(O)CN1CC2(CCC1=O)CCN(C(=O)CCc1ccccc1F)CC2. The number of aliphatic hydroxyl groups excluding tert-OH is 1. The number of benzene rings is 1. The van der Waals surface area contributed by atoms with Crippen LogP contribution in [0.25, 0.3) is 0 Å². The van der Waals surface area contributed by atoms with Crippen molar-refractivity contribution in [2.24, 2.45) is 5.41 Å². The maximum Gasteiger partial charge on any atom is 0.222 e. The number of carbonyl (C=O) groups is 2. The van der Waals surface area contributed by atoms with Crippen LogP contribution in [0.3, 0.4) is 0 Å². The van der Waals surface area contributed by atoms with Gasteiger partial charge in [0.2, 0.25) is 11.8 Å². The molecule has 0 radical (unpaired) electrons. The Hall–Kier alpha value is -1.95. The summed E-state index contributed by atoms with van der Waals surface area (Å²) in [6, 6.07) is 6.59. The summed E-state index contributed by atoms with van der Waals surface area (Å²) in [5.74, 6) is -0.0706. The number of hydrogen-bond acceptors (Lipinski definition) is 3. The summed E-state index contributed by atoms with van der Waals surface area (Å²) in [7, 11) is 0. The van der Waals surface area contributed by atoms with Gasteiger partial charge in [-0.15, -0.1) is 0 Å². The van der Waals surface area contributed by atoms with E-state index in [1.54, 1.807) is 30.0 Å². The van der Waals surface area contributed by atoms with Gasteiger partial charge in [0.05, 0.1) is 6.10 Å². The second-order valence-electron chi connectivity index (χ2n) is 8.10. The first-order chi connectivity index (χ1) is 12.9. The number of hydrogen-bond donors (Lipinski definition) is 1. The van der Waals surface area contributed by atoms with Crippen molar-refractivity contribution in [1.29, 1.82) is 0 Å². The van der Waals surface area contributed by atoms with Crippen molar-refractivity contribution in [3.05, 3.63) is 35.6 Å². The smallest absolute Gasteiger partial charge is 0.222 e. The number of β-amino-alcohol motifs (C(OH)–C–C–N with tert-alkyl or cyclic N) is 1. The van der Waals surface area contributed by atoms with Crippen LogP contribution in [0, 0.1) is 11.2 Å². The monoisotopic (exact) mass is 376 g/mol. The maximum absolute atomic E-state index is 13.7. The van der Waals surface area contributed by atoms with Gasteiger partial charge in [0.1, 0.15) is 5.82 Å². The van der Waals surface area contributed by atoms with Crippen LogP contribution in [0.15, 0.2) is 24.3 Å². The van der Waals surface area contributed by atoms with E-state index in [1.165, 1.54) is 6.07 Å². The van der Waals surface area contributed by atoms with Crippen LogP contribution in [0.5, 0.6) is 0 Å². The molecule has 0 saturated carbocycles. The lowest BCUT2D eigenvalue weighted by atomic mass is 9.72. The van der Waals surface area contributed by atoms with E-state index in [-0.39, 0.29) is 23.0 Å². The number of likely N-dealkylation sites (tertiary alicyclic amines) is 2. The van der Waals surface area contributed by atoms with Gasteiger partial charge in [0.25, 0.3) is 0 Å². The molecule has 148 valence electrons. The summed E-state index contributed by atoms with van der Waals surface area (Å²) < 4.78 is 13.7. The lowest BCUT2D eigenvalue weighted by Gasteiger charge is -2.47. The molecule has 2 aliphatic heterocycles. The van der Waals surface area contributed by atoms with E-state index >= 15 is 0 Å². The predicted molar refractivity (Wildman–Crippen MR) is 100 cm³/mol. The molecule has 0 aliphatic carbocycles. The first-order valence-corrected chi connectivity index (χ1v) is 9.86. The number of nitrogens with zero attached hydrogens (tertiary/aromatic N) is 2. The van der Waals surface area contributed by atoms with Crippen LogP contribution in [0.2, 0.25) is 0 Å². The third-order valence-electron chi connectivity index (χ3n) is 5.98. The number of aliphatic hydroxyl groups is 1. The van der Waals surface area contributed by atoms with E-state index in [0.29, 0.717) is 51.0 Å². The highest BCUT2D eigenvalue weighted by Crippen LogP contribution is 2.40. The van der Waals surface area contributed by atoms with Crippen molar-refractivity contribution in [1.82, 2.24) is 9.80 Å². The second kappa shape index (κ2) is 8.38. The van der Waals surface area contributed by atoms with Gasteiger partial charge in [0.15, 0.2) is 0 Å². The number of carbonyl (C=O) groups excluding carboxylic acids is 2. The topological polar surface area (TPSA) is 60.9 Å². The standard InChI is InChI=1S/C21H29FN2O3/c1-16(25)14-24-15-21(9-8-20(24)27)10-12-23(13-11-21)19(26)7-6-17-4-2-3-5-18(17)22/h2-5,16,25H,6-15H2,1H3. The fraction of sp³-hybridized carbons (Fsp3) is 0.619. The van der Waals surface area contributed by atoms with E-state index in [4.69, 9.17) is 0 Å². The van der Waals surface area contributed by atoms with Crippen molar-refractivity contribution < 1.29 is 19.1 Å². The zero-order chi connectivity index (χ0) is 19.4. The lowest BCUT2D eigenvalue weighted by molar-refractivity contribution is -0.143. The Balaban J connectivity index is 1.51. The molecule has 2 fully saturated rings. The highest BCUT2D eigenvalue weighted by molar-refractivity contribution is 5.78. The number of rotatable bonds is 5. The fourth-order valence-corrected chi connectivity index (χ4v) is 4.33. The minimum atomic E-state index is -0.524. The minimum absolute atomic E-state index is 0.0606. The van der Waals surface area contributed by atoms with Gasteiger partial charge in [-0.05, 0) is 49.7 Å². The molecule has 5 nitrogen and oxygen atoms in total. The van der Waals surface area contributed by atoms with Gasteiger partial charge >= 0.3 is 0 Å². The molecule has 2 saturated heterocycles. The molecular weight excluding hydrogens is 347 g/mol. The van der Waals surface area contributed by atoms with Gasteiger partial charge in [-0.3, -0.25) is 9.59 Å². The van der Waals surface area contributed by atoms with Crippen LogP contribution < -0.4 is 0 Å². The highest BCUT2D eigenvalue weighted by atomic mass is 19.1. The summed E-state index contributed by atoms with van der Waals surface area (Å²) in [6.45, 7) is 4.13. The van der Waals surface area contributed by atoms with Crippen molar-refractivity contribution in [2.45, 2.75) is 51.6 Å². The minimum Gasteiger partial charge on any atom is -0.392 e. The van der Waals surface area contributed by atoms with Crippen molar-refractivity contribution in [3.8, 4) is 0 Å². The van der Waals surface area contributed by atoms with E-state index in [9.17, 15) is 19.1 Å². The fourth-order valence-electron chi connectivity index (χ4n) is 4.33. The Labute approximate surface area is 160 Å². The first-order valence-electron chi connectivity index (χ1n) is 9.86. The summed E-state index contributed by atoms with van der Waals surface area (Å²) in [5, 5.41) is 9.62. The van der Waals surface area contributed by atoms with E-state index < -0.39 is 6.10 Å². The van der Waals surface area contributed by atoms with Crippen molar-refractivity contribution in [2.75, 3.05) is 26.2 Å². The number of halogens is 1. The van der Waals surface area contributed by atoms with Crippen LogP contribution in [-0.4, -0.2) is 59.0 Å². The Morgan fingerprint density at radius 2 is 1.96 bits per heavy atom. The van der Waals surface area contributed by atoms with Crippen molar-refractivity contribution >= 4 is 11.8 Å².